The molecular formula is C89H103N11O25S4-2. The third-order valence-electron chi connectivity index (χ3n) is 22.9. The Morgan fingerprint density at radius 2 is 1.01 bits per heavy atom. The van der Waals surface area contributed by atoms with E-state index < -0.39 is 94.2 Å². The maximum Gasteiger partial charge on any atom is 0.329 e. The molecule has 4 amide bonds. The Morgan fingerprint density at radius 1 is 0.535 bits per heavy atom. The maximum absolute atomic E-state index is 14.5. The van der Waals surface area contributed by atoms with Crippen molar-refractivity contribution in [3.8, 4) is 28.7 Å². The highest BCUT2D eigenvalue weighted by Gasteiger charge is 2.34. The highest BCUT2D eigenvalue weighted by Crippen LogP contribution is 2.45. The van der Waals surface area contributed by atoms with Crippen molar-refractivity contribution in [2.45, 2.75) is 109 Å². The summed E-state index contributed by atoms with van der Waals surface area (Å²) in [6.45, 7) is 4.10. The molecule has 7 aromatic carbocycles. The van der Waals surface area contributed by atoms with Crippen molar-refractivity contribution in [3.05, 3.63) is 214 Å². The van der Waals surface area contributed by atoms with Crippen LogP contribution in [0.15, 0.2) is 126 Å². The molecule has 1 atom stereocenters. The molecule has 0 saturated carbocycles. The molecule has 6 heterocycles. The van der Waals surface area contributed by atoms with Crippen molar-refractivity contribution in [3.63, 3.8) is 0 Å². The molecule has 0 aromatic heterocycles. The van der Waals surface area contributed by atoms with E-state index in [1.54, 1.807) is 61.5 Å². The van der Waals surface area contributed by atoms with Gasteiger partial charge in [0, 0.05) is 217 Å². The first kappa shape index (κ1) is 96.6. The van der Waals surface area contributed by atoms with Crippen molar-refractivity contribution in [2.75, 3.05) is 152 Å². The number of fused-ring (bicyclic) bond motifs is 8. The lowest BCUT2D eigenvalue weighted by Crippen LogP contribution is -2.40. The first-order chi connectivity index (χ1) is 61.5. The number of hydrogen-bond donors (Lipinski definition) is 4. The minimum absolute atomic E-state index is 0.0451. The topological polar surface area (TPSA) is 510 Å². The molecule has 13 rings (SSSR count). The molecule has 1 unspecified atom stereocenters. The lowest BCUT2D eigenvalue weighted by molar-refractivity contribution is -0.143. The smallest absolute Gasteiger partial charge is 0.329 e. The number of anilines is 2. The van der Waals surface area contributed by atoms with Crippen molar-refractivity contribution in [1.82, 2.24) is 29.6 Å². The van der Waals surface area contributed by atoms with Gasteiger partial charge in [0.1, 0.15) is 68.1 Å². The number of nitrogens with one attached hydrogen (secondary N) is 2. The van der Waals surface area contributed by atoms with Gasteiger partial charge in [0.05, 0.1) is 65.8 Å². The van der Waals surface area contributed by atoms with E-state index in [1.807, 2.05) is 48.5 Å². The van der Waals surface area contributed by atoms with Crippen LogP contribution >= 0.6 is 0 Å². The second-order valence-corrected chi connectivity index (χ2v) is 38.3. The third-order valence-corrected chi connectivity index (χ3v) is 26.0. The summed E-state index contributed by atoms with van der Waals surface area (Å²) >= 11 is 0. The number of rotatable bonds is 42. The summed E-state index contributed by atoms with van der Waals surface area (Å²) in [6.07, 6.45) is 6.58. The van der Waals surface area contributed by atoms with Crippen molar-refractivity contribution >= 4 is 98.6 Å². The molecule has 0 aliphatic carbocycles. The lowest BCUT2D eigenvalue weighted by Gasteiger charge is -2.34. The number of azide groups is 1. The van der Waals surface area contributed by atoms with Gasteiger partial charge in [-0.1, -0.05) is 47.6 Å². The van der Waals surface area contributed by atoms with Crippen molar-refractivity contribution in [1.29, 1.82) is 0 Å². The van der Waals surface area contributed by atoms with Gasteiger partial charge in [-0.05, 0) is 147 Å². The van der Waals surface area contributed by atoms with Crippen LogP contribution < -0.4 is 64.9 Å². The van der Waals surface area contributed by atoms with Gasteiger partial charge >= 0.3 is 11.9 Å². The van der Waals surface area contributed by atoms with Crippen LogP contribution in [0.3, 0.4) is 0 Å². The van der Waals surface area contributed by atoms with Gasteiger partial charge in [-0.3, -0.25) is 24.0 Å². The number of amides is 4. The zero-order valence-electron chi connectivity index (χ0n) is 71.5. The van der Waals surface area contributed by atoms with Crippen molar-refractivity contribution in [2.24, 2.45) is 5.11 Å². The first-order valence-corrected chi connectivity index (χ1v) is 49.0. The summed E-state index contributed by atoms with van der Waals surface area (Å²) in [4.78, 5) is 86.1. The summed E-state index contributed by atoms with van der Waals surface area (Å²) in [5.41, 5.74) is 20.3. The Balaban J connectivity index is 0.000000252. The van der Waals surface area contributed by atoms with Gasteiger partial charge in [0.25, 0.3) is 17.7 Å². The van der Waals surface area contributed by atoms with Crippen LogP contribution in [0.5, 0.6) is 28.7 Å². The maximum atomic E-state index is 14.5. The second-order valence-electron chi connectivity index (χ2n) is 32.3. The van der Waals surface area contributed by atoms with Gasteiger partial charge in [-0.15, -0.1) is 0 Å². The lowest BCUT2D eigenvalue weighted by atomic mass is 9.86. The predicted molar refractivity (Wildman–Crippen MR) is 472 cm³/mol. The molecule has 40 heteroatoms. The summed E-state index contributed by atoms with van der Waals surface area (Å²) < 4.78 is 170. The number of carbonyl (C=O) groups is 6. The van der Waals surface area contributed by atoms with Crippen LogP contribution in [-0.4, -0.2) is 256 Å². The molecular weight excluding hydrogens is 1750 g/mol. The Bertz CT molecular complexity index is 6250. The second kappa shape index (κ2) is 43.8. The summed E-state index contributed by atoms with van der Waals surface area (Å²) in [5.74, 6) is -2.78. The van der Waals surface area contributed by atoms with Crippen LogP contribution in [-0.2, 0) is 90.0 Å². The number of aliphatic carboxylic acids is 2. The van der Waals surface area contributed by atoms with Gasteiger partial charge in [0.2, 0.25) is 16.6 Å². The van der Waals surface area contributed by atoms with Crippen LogP contribution in [0.25, 0.3) is 21.6 Å². The number of ether oxygens (including phenoxy) is 5. The Hall–Kier alpha value is -11.4. The van der Waals surface area contributed by atoms with Crippen LogP contribution in [0.1, 0.15) is 153 Å². The molecule has 0 spiro atoms. The molecule has 6 aliphatic rings. The molecule has 0 saturated heterocycles. The fourth-order valence-electron chi connectivity index (χ4n) is 17.0. The molecule has 6 aliphatic heterocycles. The Labute approximate surface area is 747 Å². The van der Waals surface area contributed by atoms with E-state index in [2.05, 4.69) is 63.9 Å². The standard InChI is InChI=1S/C52H62N8O15S2.C37H43N3O10S2/c1-58(19-7-16-47(61)54-17-18-55-51(64)37-10-4-13-38(28-37)74-33-48(56-57-53)73-25-24-72-34-49(62)63)52(65)40-15-3-2-14-39(40)50-41-29-35-11-5-20-59(22-8-26-76(66,67)68)43(35)31-45(41)75-46-32-44-36(30-42(46)50)12-6-21-60(44)23-9-27-77(69,70)71;1-38(14-6-13-35(41)42)37(43)28-12-3-2-11-27(28)36-29-21-25-9-4-15-39(17-7-19-51(44,45)46)31(25)23-33(29)50-34-24-32-26(22-30(34)36)10-5-16-40(32)18-8-20-52(47,48)49/h2-4,10,13-15,28-32,48H,5-9,11-12,16-27,33-34H2,1H3,(H4-,54,55,61,62,63,64,66,67,68,69,70,71);2-3,11-12,21-24H,4-10,13-20H2,1H3,(H2-,41,42,44,45,46,47,48,49)/p-2. The Kier molecular flexibility index (Phi) is 32.8. The van der Waals surface area contributed by atoms with Crippen LogP contribution in [0, 0.1) is 0 Å². The number of benzene rings is 7. The largest absolute Gasteiger partial charge is 0.748 e. The third kappa shape index (κ3) is 26.7. The van der Waals surface area contributed by atoms with Crippen molar-refractivity contribution < 1.29 is 115 Å². The monoisotopic (exact) mass is 1850 g/mol. The molecule has 7 aromatic rings. The van der Waals surface area contributed by atoms with Gasteiger partial charge in [-0.2, -0.15) is 0 Å². The van der Waals surface area contributed by atoms with Gasteiger partial charge in [-0.25, -0.2) is 47.6 Å². The number of nitrogens with zero attached hydrogens (tertiary/aromatic N) is 9. The number of carboxylic acids is 2. The number of hydrogen-bond acceptors (Lipinski definition) is 26. The number of aryl methyl sites for hydroxylation is 4. The highest BCUT2D eigenvalue weighted by molar-refractivity contribution is 7.86. The van der Waals surface area contributed by atoms with E-state index in [-0.39, 0.29) is 108 Å². The van der Waals surface area contributed by atoms with E-state index >= 15 is 0 Å². The molecule has 4 N–H and O–H groups in total. The molecule has 0 radical (unpaired) electrons. The Morgan fingerprint density at radius 3 is 1.49 bits per heavy atom. The molecule has 0 bridgehead atoms. The fraction of sp³-hybridized carbons (Fsp3) is 0.438. The first-order valence-electron chi connectivity index (χ1n) is 42.7. The van der Waals surface area contributed by atoms with E-state index in [0.29, 0.717) is 116 Å². The van der Waals surface area contributed by atoms with Crippen LogP contribution in [0.2, 0.25) is 0 Å². The van der Waals surface area contributed by atoms with E-state index in [9.17, 15) is 80.6 Å². The van der Waals surface area contributed by atoms with Gasteiger partial charge in [0.15, 0.2) is 6.23 Å². The van der Waals surface area contributed by atoms with E-state index in [4.69, 9.17) is 39.4 Å². The minimum atomic E-state index is -4.40. The SMILES string of the molecule is CN(CCCC(=O)NCCNC(=O)c1cccc(OCC(N=[N+]=[N-])OCCOCC(=O)O)c1)C(=O)c1ccccc1C1=c2cc3c(cc2Oc2cc4c(cc21)CCCN4CCCS(=O)(=O)[O-])=[N+](CCCS(=O)(=O)[O-])CCC3.CN(CCCC(=O)O)C(=O)c1ccccc1C1=c2cc3c(cc2Oc2cc4c(cc21)CCCN4CCCS(=O)(=O)[O-])=[N+](CCCS(=O)(=O)[O-])CCC3. The highest BCUT2D eigenvalue weighted by atomic mass is 32.2. The number of carboxylic acid groups (broad SMARTS) is 2. The van der Waals surface area contributed by atoms with Gasteiger partial charge < -0.3 is 82.3 Å². The van der Waals surface area contributed by atoms with E-state index in [1.165, 1.54) is 11.0 Å². The average molecular weight is 1860 g/mol. The normalized spacial score (nSPS) is 14.6. The summed E-state index contributed by atoms with van der Waals surface area (Å²) in [6, 6.07) is 36.9. The average Bonchev–Trinajstić information content (AvgIpc) is 0.733. The summed E-state index contributed by atoms with van der Waals surface area (Å²) in [7, 11) is -14.2. The zero-order valence-corrected chi connectivity index (χ0v) is 74.8. The molecule has 129 heavy (non-hydrogen) atoms. The van der Waals surface area contributed by atoms with Crippen LogP contribution in [0.4, 0.5) is 11.4 Å². The minimum Gasteiger partial charge on any atom is -0.748 e. The fourth-order valence-corrected chi connectivity index (χ4v) is 18.9. The molecule has 690 valence electrons. The molecule has 0 fully saturated rings. The predicted octanol–water partition coefficient (Wildman–Crippen LogP) is 4.67. The number of carbonyl (C=O) groups excluding carboxylic acids is 4. The molecule has 36 nitrogen and oxygen atoms in total. The van der Waals surface area contributed by atoms with E-state index in [0.717, 1.165) is 128 Å². The zero-order chi connectivity index (χ0) is 92.3. The quantitative estimate of drug-likeness (QED) is 0.0101. The summed E-state index contributed by atoms with van der Waals surface area (Å²) in [5, 5.41) is 30.1.